The summed E-state index contributed by atoms with van der Waals surface area (Å²) < 4.78 is 11.1. The van der Waals surface area contributed by atoms with E-state index in [1.807, 2.05) is 13.8 Å². The van der Waals surface area contributed by atoms with Gasteiger partial charge < -0.3 is 14.8 Å². The molecule has 106 valence electrons. The van der Waals surface area contributed by atoms with E-state index in [1.165, 1.54) is 24.0 Å². The fourth-order valence-corrected chi connectivity index (χ4v) is 1.94. The van der Waals surface area contributed by atoms with Gasteiger partial charge in [-0.3, -0.25) is 0 Å². The molecule has 0 bridgehead atoms. The van der Waals surface area contributed by atoms with Crippen LogP contribution in [0.1, 0.15) is 37.8 Å². The van der Waals surface area contributed by atoms with Crippen LogP contribution in [0.15, 0.2) is 24.3 Å². The maximum Gasteiger partial charge on any atom is 0.0721 e. The van der Waals surface area contributed by atoms with Gasteiger partial charge in [-0.1, -0.05) is 24.3 Å². The van der Waals surface area contributed by atoms with Crippen LogP contribution in [-0.4, -0.2) is 25.4 Å². The lowest BCUT2D eigenvalue weighted by atomic mass is 10.1. The number of ether oxygens (including phenoxy) is 2. The summed E-state index contributed by atoms with van der Waals surface area (Å²) in [7, 11) is 0. The van der Waals surface area contributed by atoms with Gasteiger partial charge >= 0.3 is 0 Å². The van der Waals surface area contributed by atoms with E-state index in [-0.39, 0.29) is 6.10 Å². The number of rotatable bonds is 9. The van der Waals surface area contributed by atoms with Gasteiger partial charge in [0.2, 0.25) is 0 Å². The van der Waals surface area contributed by atoms with Gasteiger partial charge in [0.15, 0.2) is 0 Å². The Morgan fingerprint density at radius 2 is 1.89 bits per heavy atom. The van der Waals surface area contributed by atoms with Crippen LogP contribution in [0, 0.1) is 0 Å². The second-order valence-corrected chi connectivity index (χ2v) is 5.40. The van der Waals surface area contributed by atoms with E-state index < -0.39 is 0 Å². The topological polar surface area (TPSA) is 30.5 Å². The highest BCUT2D eigenvalue weighted by Crippen LogP contribution is 2.20. The predicted molar refractivity (Wildman–Crippen MR) is 77.0 cm³/mol. The van der Waals surface area contributed by atoms with E-state index in [4.69, 9.17) is 9.47 Å². The Balaban J connectivity index is 1.71. The van der Waals surface area contributed by atoms with E-state index in [0.29, 0.717) is 19.8 Å². The highest BCUT2D eigenvalue weighted by atomic mass is 16.5. The molecule has 3 heteroatoms. The van der Waals surface area contributed by atoms with Gasteiger partial charge in [-0.05, 0) is 37.8 Å². The molecule has 1 aliphatic rings. The Kier molecular flexibility index (Phi) is 5.83. The molecule has 1 aromatic rings. The average Bonchev–Trinajstić information content (AvgIpc) is 3.21. The van der Waals surface area contributed by atoms with Crippen LogP contribution in [-0.2, 0) is 22.6 Å². The zero-order chi connectivity index (χ0) is 13.5. The summed E-state index contributed by atoms with van der Waals surface area (Å²) in [6.07, 6.45) is 2.93. The molecule has 1 aromatic carbocycles. The molecule has 0 spiro atoms. The van der Waals surface area contributed by atoms with E-state index in [1.54, 1.807) is 0 Å². The van der Waals surface area contributed by atoms with Gasteiger partial charge in [0.25, 0.3) is 0 Å². The molecule has 0 unspecified atom stereocenters. The quantitative estimate of drug-likeness (QED) is 0.695. The van der Waals surface area contributed by atoms with Gasteiger partial charge in [0.05, 0.1) is 25.9 Å². The van der Waals surface area contributed by atoms with Crippen molar-refractivity contribution in [2.24, 2.45) is 0 Å². The average molecular weight is 263 g/mol. The van der Waals surface area contributed by atoms with Crippen LogP contribution < -0.4 is 5.32 Å². The monoisotopic (exact) mass is 263 g/mol. The van der Waals surface area contributed by atoms with Crippen LogP contribution in [0.25, 0.3) is 0 Å². The Labute approximate surface area is 116 Å². The second-order valence-electron chi connectivity index (χ2n) is 5.40. The molecule has 0 radical (unpaired) electrons. The minimum Gasteiger partial charge on any atom is -0.376 e. The van der Waals surface area contributed by atoms with Gasteiger partial charge in [-0.25, -0.2) is 0 Å². The summed E-state index contributed by atoms with van der Waals surface area (Å²) in [4.78, 5) is 0. The Morgan fingerprint density at radius 3 is 2.58 bits per heavy atom. The highest BCUT2D eigenvalue weighted by molar-refractivity contribution is 5.26. The molecular weight excluding hydrogens is 238 g/mol. The lowest BCUT2D eigenvalue weighted by Gasteiger charge is -2.12. The molecule has 1 fully saturated rings. The maximum atomic E-state index is 5.68. The molecule has 1 N–H and O–H groups in total. The van der Waals surface area contributed by atoms with Crippen LogP contribution in [0.2, 0.25) is 0 Å². The molecule has 0 amide bonds. The van der Waals surface area contributed by atoms with Crippen LogP contribution in [0.3, 0.4) is 0 Å². The molecule has 0 saturated heterocycles. The van der Waals surface area contributed by atoms with Crippen molar-refractivity contribution in [1.82, 2.24) is 5.32 Å². The Morgan fingerprint density at radius 1 is 1.16 bits per heavy atom. The number of nitrogens with one attached hydrogen (secondary N) is 1. The van der Waals surface area contributed by atoms with Crippen molar-refractivity contribution in [3.63, 3.8) is 0 Å². The highest BCUT2D eigenvalue weighted by Gasteiger charge is 2.20. The molecule has 0 atom stereocenters. The first-order valence-electron chi connectivity index (χ1n) is 7.25. The third kappa shape index (κ3) is 5.72. The van der Waals surface area contributed by atoms with Crippen LogP contribution >= 0.6 is 0 Å². The van der Waals surface area contributed by atoms with Crippen molar-refractivity contribution < 1.29 is 9.47 Å². The van der Waals surface area contributed by atoms with Crippen molar-refractivity contribution in [3.8, 4) is 0 Å². The standard InChI is InChI=1S/C16H25NO2/c1-13(2)19-10-9-18-12-15-6-4-3-5-14(15)11-17-16-7-8-16/h3-6,13,16-17H,7-12H2,1-2H3. The minimum absolute atomic E-state index is 0.277. The van der Waals surface area contributed by atoms with Crippen molar-refractivity contribution >= 4 is 0 Å². The Hall–Kier alpha value is -0.900. The fourth-order valence-electron chi connectivity index (χ4n) is 1.94. The third-order valence-corrected chi connectivity index (χ3v) is 3.21. The zero-order valence-corrected chi connectivity index (χ0v) is 12.0. The van der Waals surface area contributed by atoms with E-state index >= 15 is 0 Å². The fraction of sp³-hybridized carbons (Fsp3) is 0.625. The normalized spacial score (nSPS) is 15.1. The molecule has 0 heterocycles. The lowest BCUT2D eigenvalue weighted by Crippen LogP contribution is -2.17. The second kappa shape index (κ2) is 7.63. The predicted octanol–water partition coefficient (Wildman–Crippen LogP) is 2.88. The number of hydrogen-bond donors (Lipinski definition) is 1. The smallest absolute Gasteiger partial charge is 0.0721 e. The van der Waals surface area contributed by atoms with Crippen LogP contribution in [0.5, 0.6) is 0 Å². The van der Waals surface area contributed by atoms with E-state index in [0.717, 1.165) is 12.6 Å². The summed E-state index contributed by atoms with van der Waals surface area (Å²) in [5, 5.41) is 3.55. The largest absolute Gasteiger partial charge is 0.376 e. The lowest BCUT2D eigenvalue weighted by molar-refractivity contribution is 0.0141. The number of hydrogen-bond acceptors (Lipinski definition) is 3. The molecule has 0 aliphatic heterocycles. The van der Waals surface area contributed by atoms with E-state index in [2.05, 4.69) is 29.6 Å². The summed E-state index contributed by atoms with van der Waals surface area (Å²) in [5.41, 5.74) is 2.62. The van der Waals surface area contributed by atoms with Crippen LogP contribution in [0.4, 0.5) is 0 Å². The van der Waals surface area contributed by atoms with Gasteiger partial charge in [0, 0.05) is 12.6 Å². The molecule has 3 nitrogen and oxygen atoms in total. The summed E-state index contributed by atoms with van der Waals surface area (Å²) >= 11 is 0. The van der Waals surface area contributed by atoms with Crippen molar-refractivity contribution in [3.05, 3.63) is 35.4 Å². The first-order chi connectivity index (χ1) is 9.25. The SMILES string of the molecule is CC(C)OCCOCc1ccccc1CNC1CC1. The molecule has 19 heavy (non-hydrogen) atoms. The first kappa shape index (κ1) is 14.5. The summed E-state index contributed by atoms with van der Waals surface area (Å²) in [6.45, 7) is 7.02. The molecule has 1 aliphatic carbocycles. The molecule has 0 aromatic heterocycles. The first-order valence-corrected chi connectivity index (χ1v) is 7.25. The summed E-state index contributed by atoms with van der Waals surface area (Å²) in [5.74, 6) is 0. The van der Waals surface area contributed by atoms with Gasteiger partial charge in [-0.15, -0.1) is 0 Å². The van der Waals surface area contributed by atoms with Gasteiger partial charge in [0.1, 0.15) is 0 Å². The van der Waals surface area contributed by atoms with Gasteiger partial charge in [-0.2, -0.15) is 0 Å². The van der Waals surface area contributed by atoms with Crippen molar-refractivity contribution in [2.75, 3.05) is 13.2 Å². The summed E-state index contributed by atoms with van der Waals surface area (Å²) in [6, 6.07) is 9.24. The Bertz CT molecular complexity index is 375. The molecular formula is C16H25NO2. The maximum absolute atomic E-state index is 5.68. The third-order valence-electron chi connectivity index (χ3n) is 3.21. The van der Waals surface area contributed by atoms with E-state index in [9.17, 15) is 0 Å². The van der Waals surface area contributed by atoms with Crippen molar-refractivity contribution in [1.29, 1.82) is 0 Å². The molecule has 2 rings (SSSR count). The van der Waals surface area contributed by atoms with Crippen molar-refractivity contribution in [2.45, 2.75) is 52.0 Å². The molecule has 1 saturated carbocycles. The minimum atomic E-state index is 0.277. The number of benzene rings is 1. The zero-order valence-electron chi connectivity index (χ0n) is 12.0.